The minimum atomic E-state index is -0.134. The molecule has 0 aliphatic carbocycles. The van der Waals surface area contributed by atoms with Crippen LogP contribution < -0.4 is 15.5 Å². The van der Waals surface area contributed by atoms with Gasteiger partial charge in [0.1, 0.15) is 11.1 Å². The predicted molar refractivity (Wildman–Crippen MR) is 92.9 cm³/mol. The fourth-order valence-corrected chi connectivity index (χ4v) is 3.47. The fraction of sp³-hybridized carbons (Fsp3) is 0.375. The molecule has 2 aromatic rings. The van der Waals surface area contributed by atoms with Gasteiger partial charge in [-0.2, -0.15) is 10.4 Å². The number of anilines is 2. The molecule has 0 unspecified atom stereocenters. The molecule has 2 N–H and O–H groups in total. The lowest BCUT2D eigenvalue weighted by Crippen LogP contribution is -2.48. The summed E-state index contributed by atoms with van der Waals surface area (Å²) in [6, 6.07) is 7.82. The van der Waals surface area contributed by atoms with Crippen LogP contribution in [0.3, 0.4) is 0 Å². The molecule has 2 aromatic heterocycles. The highest BCUT2D eigenvalue weighted by Gasteiger charge is 2.21. The average Bonchev–Trinajstić information content (AvgIpc) is 3.08. The molecular formula is C16H18N6OS. The van der Waals surface area contributed by atoms with E-state index in [1.165, 1.54) is 11.3 Å². The Labute approximate surface area is 144 Å². The molecular weight excluding hydrogens is 324 g/mol. The molecule has 0 saturated carbocycles. The largest absolute Gasteiger partial charge is 0.354 e. The van der Waals surface area contributed by atoms with Crippen molar-refractivity contribution in [2.45, 2.75) is 18.9 Å². The molecule has 3 heterocycles. The van der Waals surface area contributed by atoms with Crippen LogP contribution in [0.15, 0.2) is 29.8 Å². The van der Waals surface area contributed by atoms with Gasteiger partial charge in [0.15, 0.2) is 5.82 Å². The smallest absolute Gasteiger partial charge is 0.238 e. The predicted octanol–water partition coefficient (Wildman–Crippen LogP) is 1.61. The number of thiophene rings is 1. The highest BCUT2D eigenvalue weighted by molar-refractivity contribution is 7.14. The number of nitriles is 1. The summed E-state index contributed by atoms with van der Waals surface area (Å²) >= 11 is 1.36. The Morgan fingerprint density at radius 3 is 3.21 bits per heavy atom. The van der Waals surface area contributed by atoms with Gasteiger partial charge in [-0.25, -0.2) is 0 Å². The van der Waals surface area contributed by atoms with Crippen LogP contribution in [0.1, 0.15) is 18.4 Å². The molecule has 1 fully saturated rings. The second-order valence-corrected chi connectivity index (χ2v) is 6.49. The summed E-state index contributed by atoms with van der Waals surface area (Å²) in [5.74, 6) is 0.733. The quantitative estimate of drug-likeness (QED) is 0.857. The molecule has 24 heavy (non-hydrogen) atoms. The first-order valence-corrected chi connectivity index (χ1v) is 8.67. The van der Waals surface area contributed by atoms with Crippen molar-refractivity contribution in [3.8, 4) is 6.07 Å². The van der Waals surface area contributed by atoms with Crippen LogP contribution in [0.4, 0.5) is 10.8 Å². The summed E-state index contributed by atoms with van der Waals surface area (Å²) in [4.78, 5) is 14.2. The van der Waals surface area contributed by atoms with E-state index in [0.717, 1.165) is 31.7 Å². The molecule has 0 aromatic carbocycles. The first-order chi connectivity index (χ1) is 11.8. The first kappa shape index (κ1) is 16.4. The molecule has 1 atom stereocenters. The van der Waals surface area contributed by atoms with E-state index >= 15 is 0 Å². The van der Waals surface area contributed by atoms with Gasteiger partial charge in [-0.3, -0.25) is 4.79 Å². The lowest BCUT2D eigenvalue weighted by molar-refractivity contribution is -0.115. The zero-order valence-electron chi connectivity index (χ0n) is 13.1. The number of hydrogen-bond acceptors (Lipinski definition) is 7. The molecule has 0 radical (unpaired) electrons. The van der Waals surface area contributed by atoms with E-state index in [-0.39, 0.29) is 18.5 Å². The molecule has 0 bridgehead atoms. The second-order valence-electron chi connectivity index (χ2n) is 5.57. The van der Waals surface area contributed by atoms with E-state index < -0.39 is 0 Å². The van der Waals surface area contributed by atoms with E-state index in [1.807, 2.05) is 12.1 Å². The van der Waals surface area contributed by atoms with Crippen molar-refractivity contribution >= 4 is 28.1 Å². The summed E-state index contributed by atoms with van der Waals surface area (Å²) in [6.07, 6.45) is 3.72. The maximum Gasteiger partial charge on any atom is 0.238 e. The number of hydrogen-bond donors (Lipinski definition) is 2. The standard InChI is InChI=1S/C16H18N6OS/c17-9-12-5-8-24-16(12)20-15(23)10-18-13-3-2-7-22(11-13)14-4-1-6-19-21-14/h1,4-6,8,13,18H,2-3,7,10-11H2,(H,20,23)/t13-/m1/s1. The minimum Gasteiger partial charge on any atom is -0.354 e. The van der Waals surface area contributed by atoms with Crippen LogP contribution in [-0.4, -0.2) is 41.8 Å². The number of carbonyl (C=O) groups is 1. The number of carbonyl (C=O) groups excluding carboxylic acids is 1. The second kappa shape index (κ2) is 7.86. The van der Waals surface area contributed by atoms with Crippen LogP contribution in [0.2, 0.25) is 0 Å². The van der Waals surface area contributed by atoms with Crippen LogP contribution in [0.5, 0.6) is 0 Å². The topological polar surface area (TPSA) is 93.9 Å². The van der Waals surface area contributed by atoms with E-state index in [2.05, 4.69) is 31.8 Å². The van der Waals surface area contributed by atoms with E-state index in [9.17, 15) is 4.79 Å². The van der Waals surface area contributed by atoms with Crippen LogP contribution in [-0.2, 0) is 4.79 Å². The first-order valence-electron chi connectivity index (χ1n) is 7.80. The third-order valence-corrected chi connectivity index (χ3v) is 4.72. The summed E-state index contributed by atoms with van der Waals surface area (Å²) in [6.45, 7) is 1.97. The molecule has 7 nitrogen and oxygen atoms in total. The Balaban J connectivity index is 1.49. The Morgan fingerprint density at radius 1 is 1.50 bits per heavy atom. The SMILES string of the molecule is N#Cc1ccsc1NC(=O)CN[C@@H]1CCCN(c2cccnn2)C1. The number of nitrogens with one attached hydrogen (secondary N) is 2. The van der Waals surface area contributed by atoms with Gasteiger partial charge in [0, 0.05) is 25.3 Å². The summed E-state index contributed by atoms with van der Waals surface area (Å²) in [5, 5.41) is 25.5. The van der Waals surface area contributed by atoms with Gasteiger partial charge in [-0.1, -0.05) is 0 Å². The summed E-state index contributed by atoms with van der Waals surface area (Å²) in [7, 11) is 0. The van der Waals surface area contributed by atoms with Crippen LogP contribution in [0, 0.1) is 11.3 Å². The zero-order valence-corrected chi connectivity index (χ0v) is 13.9. The van der Waals surface area contributed by atoms with Crippen LogP contribution >= 0.6 is 11.3 Å². The number of piperidine rings is 1. The Bertz CT molecular complexity index is 726. The third-order valence-electron chi connectivity index (χ3n) is 3.89. The lowest BCUT2D eigenvalue weighted by atomic mass is 10.1. The van der Waals surface area contributed by atoms with Crippen molar-refractivity contribution in [1.82, 2.24) is 15.5 Å². The monoisotopic (exact) mass is 342 g/mol. The maximum atomic E-state index is 12.1. The van der Waals surface area contributed by atoms with E-state index in [1.54, 1.807) is 17.6 Å². The number of aromatic nitrogens is 2. The number of rotatable bonds is 5. The highest BCUT2D eigenvalue weighted by Crippen LogP contribution is 2.22. The Kier molecular flexibility index (Phi) is 5.36. The molecule has 1 aliphatic heterocycles. The van der Waals surface area contributed by atoms with Gasteiger partial charge in [0.05, 0.1) is 12.1 Å². The third kappa shape index (κ3) is 4.07. The van der Waals surface area contributed by atoms with Crippen molar-refractivity contribution in [2.24, 2.45) is 0 Å². The van der Waals surface area contributed by atoms with Crippen LogP contribution in [0.25, 0.3) is 0 Å². The van der Waals surface area contributed by atoms with Crippen molar-refractivity contribution in [3.63, 3.8) is 0 Å². The van der Waals surface area contributed by atoms with Crippen molar-refractivity contribution in [2.75, 3.05) is 29.9 Å². The summed E-state index contributed by atoms with van der Waals surface area (Å²) < 4.78 is 0. The van der Waals surface area contributed by atoms with Crippen molar-refractivity contribution in [3.05, 3.63) is 35.3 Å². The molecule has 1 saturated heterocycles. The average molecular weight is 342 g/mol. The molecule has 1 aliphatic rings. The molecule has 0 spiro atoms. The molecule has 124 valence electrons. The number of amides is 1. The Hall–Kier alpha value is -2.50. The normalized spacial score (nSPS) is 17.3. The van der Waals surface area contributed by atoms with E-state index in [0.29, 0.717) is 10.6 Å². The van der Waals surface area contributed by atoms with E-state index in [4.69, 9.17) is 5.26 Å². The Morgan fingerprint density at radius 2 is 2.42 bits per heavy atom. The zero-order chi connectivity index (χ0) is 16.8. The van der Waals surface area contributed by atoms with Crippen molar-refractivity contribution < 1.29 is 4.79 Å². The lowest BCUT2D eigenvalue weighted by Gasteiger charge is -2.33. The molecule has 1 amide bonds. The van der Waals surface area contributed by atoms with Gasteiger partial charge >= 0.3 is 0 Å². The van der Waals surface area contributed by atoms with Gasteiger partial charge in [0.25, 0.3) is 0 Å². The van der Waals surface area contributed by atoms with Gasteiger partial charge in [-0.15, -0.1) is 16.4 Å². The summed E-state index contributed by atoms with van der Waals surface area (Å²) in [5.41, 5.74) is 0.500. The molecule has 3 rings (SSSR count). The highest BCUT2D eigenvalue weighted by atomic mass is 32.1. The fourth-order valence-electron chi connectivity index (χ4n) is 2.72. The van der Waals surface area contributed by atoms with Gasteiger partial charge in [0.2, 0.25) is 5.91 Å². The van der Waals surface area contributed by atoms with Gasteiger partial charge in [-0.05, 0) is 36.4 Å². The van der Waals surface area contributed by atoms with Gasteiger partial charge < -0.3 is 15.5 Å². The number of nitrogens with zero attached hydrogens (tertiary/aromatic N) is 4. The molecule has 8 heteroatoms. The maximum absolute atomic E-state index is 12.1. The minimum absolute atomic E-state index is 0.134. The van der Waals surface area contributed by atoms with Crippen molar-refractivity contribution in [1.29, 1.82) is 5.26 Å².